The van der Waals surface area contributed by atoms with Gasteiger partial charge in [-0.1, -0.05) is 41.4 Å². The Balaban J connectivity index is 1.36. The first-order valence-electron chi connectivity index (χ1n) is 10.4. The molecule has 1 heterocycles. The summed E-state index contributed by atoms with van der Waals surface area (Å²) in [6.07, 6.45) is 3.10. The van der Waals surface area contributed by atoms with Crippen molar-refractivity contribution in [1.29, 1.82) is 0 Å². The number of aromatic nitrogens is 3. The first-order valence-corrected chi connectivity index (χ1v) is 12.0. The van der Waals surface area contributed by atoms with Crippen LogP contribution in [0.3, 0.4) is 0 Å². The highest BCUT2D eigenvalue weighted by Gasteiger charge is 2.67. The van der Waals surface area contributed by atoms with E-state index < -0.39 is 10.3 Å². The molecular formula is C25H18Cl4N4O. The number of carbonyl (C=O) groups excluding carboxylic acids is 1. The topological polar surface area (TPSA) is 59.8 Å². The maximum atomic E-state index is 13.1. The minimum absolute atomic E-state index is 0.262. The molecule has 0 radical (unpaired) electrons. The molecule has 1 saturated carbocycles. The van der Waals surface area contributed by atoms with Crippen LogP contribution in [0.25, 0.3) is 16.8 Å². The predicted octanol–water partition coefficient (Wildman–Crippen LogP) is 7.08. The molecule has 1 amide bonds. The normalized spacial score (nSPS) is 18.5. The number of amides is 1. The number of hydrogen-bond donors (Lipinski definition) is 1. The van der Waals surface area contributed by atoms with Crippen LogP contribution in [0.5, 0.6) is 0 Å². The zero-order chi connectivity index (χ0) is 24.0. The summed E-state index contributed by atoms with van der Waals surface area (Å²) in [5, 5.41) is 8.22. The quantitative estimate of drug-likeness (QED) is 0.280. The van der Waals surface area contributed by atoms with Crippen molar-refractivity contribution < 1.29 is 4.79 Å². The number of anilines is 1. The molecule has 0 saturated heterocycles. The number of benzene rings is 3. The van der Waals surface area contributed by atoms with E-state index in [1.807, 2.05) is 49.4 Å². The van der Waals surface area contributed by atoms with Crippen molar-refractivity contribution >= 4 is 58.0 Å². The van der Waals surface area contributed by atoms with E-state index in [0.29, 0.717) is 15.7 Å². The van der Waals surface area contributed by atoms with Crippen molar-refractivity contribution in [3.63, 3.8) is 0 Å². The fourth-order valence-corrected chi connectivity index (χ4v) is 5.54. The molecule has 1 aliphatic carbocycles. The first-order chi connectivity index (χ1) is 16.2. The molecule has 0 bridgehead atoms. The number of rotatable bonds is 5. The Kier molecular flexibility index (Phi) is 6.07. The molecule has 0 aliphatic heterocycles. The van der Waals surface area contributed by atoms with E-state index in [1.54, 1.807) is 29.2 Å². The smallest absolute Gasteiger partial charge is 0.231 e. The largest absolute Gasteiger partial charge is 0.326 e. The van der Waals surface area contributed by atoms with Crippen molar-refractivity contribution in [2.45, 2.75) is 17.2 Å². The first kappa shape index (κ1) is 23.2. The molecule has 1 N–H and O–H groups in total. The van der Waals surface area contributed by atoms with E-state index in [2.05, 4.69) is 15.4 Å². The van der Waals surface area contributed by atoms with Gasteiger partial charge in [-0.2, -0.15) is 5.10 Å². The molecule has 3 aromatic carbocycles. The molecule has 4 aromatic rings. The summed E-state index contributed by atoms with van der Waals surface area (Å²) >= 11 is 25.7. The summed E-state index contributed by atoms with van der Waals surface area (Å²) in [6.45, 7) is 1.94. The lowest BCUT2D eigenvalue weighted by atomic mass is 10.0. The van der Waals surface area contributed by atoms with Crippen LogP contribution in [0.2, 0.25) is 10.0 Å². The fraction of sp³-hybridized carbons (Fsp3) is 0.160. The summed E-state index contributed by atoms with van der Waals surface area (Å²) < 4.78 is 0.466. The van der Waals surface area contributed by atoms with E-state index >= 15 is 0 Å². The van der Waals surface area contributed by atoms with Gasteiger partial charge >= 0.3 is 0 Å². The molecular weight excluding hydrogens is 514 g/mol. The predicted molar refractivity (Wildman–Crippen MR) is 137 cm³/mol. The molecule has 1 aromatic heterocycles. The van der Waals surface area contributed by atoms with Gasteiger partial charge in [-0.25, -0.2) is 9.67 Å². The zero-order valence-corrected chi connectivity index (χ0v) is 20.9. The van der Waals surface area contributed by atoms with Crippen LogP contribution in [0, 0.1) is 12.8 Å². The molecule has 2 unspecified atom stereocenters. The van der Waals surface area contributed by atoms with Gasteiger partial charge in [0.1, 0.15) is 17.0 Å². The van der Waals surface area contributed by atoms with E-state index in [-0.39, 0.29) is 11.8 Å². The second-order valence-electron chi connectivity index (χ2n) is 8.26. The molecule has 1 fully saturated rings. The molecule has 0 spiro atoms. The summed E-state index contributed by atoms with van der Waals surface area (Å²) in [5.74, 6) is -1.21. The van der Waals surface area contributed by atoms with Crippen LogP contribution in [-0.2, 0) is 4.79 Å². The molecule has 5 rings (SSSR count). The number of carbonyl (C=O) groups is 1. The van der Waals surface area contributed by atoms with Crippen molar-refractivity contribution in [2.24, 2.45) is 5.92 Å². The average molecular weight is 532 g/mol. The lowest BCUT2D eigenvalue weighted by molar-refractivity contribution is -0.117. The minimum Gasteiger partial charge on any atom is -0.326 e. The number of alkyl halides is 2. The van der Waals surface area contributed by atoms with Gasteiger partial charge in [0, 0.05) is 27.2 Å². The van der Waals surface area contributed by atoms with Crippen molar-refractivity contribution in [1.82, 2.24) is 14.8 Å². The molecule has 2 atom stereocenters. The lowest BCUT2D eigenvalue weighted by Crippen LogP contribution is -2.17. The number of halogens is 4. The highest BCUT2D eigenvalue weighted by molar-refractivity contribution is 6.53. The van der Waals surface area contributed by atoms with E-state index in [1.165, 1.54) is 6.33 Å². The Morgan fingerprint density at radius 2 is 1.79 bits per heavy atom. The highest BCUT2D eigenvalue weighted by atomic mass is 35.5. The number of nitrogens with zero attached hydrogens (tertiary/aromatic N) is 3. The zero-order valence-electron chi connectivity index (χ0n) is 17.8. The van der Waals surface area contributed by atoms with Gasteiger partial charge < -0.3 is 5.32 Å². The Morgan fingerprint density at radius 3 is 2.47 bits per heavy atom. The Morgan fingerprint density at radius 1 is 1.03 bits per heavy atom. The van der Waals surface area contributed by atoms with Crippen molar-refractivity contribution in [3.8, 4) is 16.8 Å². The van der Waals surface area contributed by atoms with Crippen LogP contribution < -0.4 is 5.32 Å². The van der Waals surface area contributed by atoms with Crippen LogP contribution in [0.1, 0.15) is 17.0 Å². The monoisotopic (exact) mass is 530 g/mol. The number of nitrogens with one attached hydrogen (secondary N) is 1. The van der Waals surface area contributed by atoms with Crippen LogP contribution in [-0.4, -0.2) is 25.0 Å². The fourth-order valence-electron chi connectivity index (χ4n) is 4.19. The van der Waals surface area contributed by atoms with Gasteiger partial charge in [0.25, 0.3) is 0 Å². The maximum Gasteiger partial charge on any atom is 0.231 e. The highest BCUT2D eigenvalue weighted by Crippen LogP contribution is 2.65. The van der Waals surface area contributed by atoms with E-state index in [9.17, 15) is 4.79 Å². The van der Waals surface area contributed by atoms with Crippen molar-refractivity contribution in [2.75, 3.05) is 5.32 Å². The van der Waals surface area contributed by atoms with E-state index in [4.69, 9.17) is 46.4 Å². The second-order valence-corrected chi connectivity index (χ2v) is 10.6. The number of hydrogen-bond acceptors (Lipinski definition) is 3. The van der Waals surface area contributed by atoms with Gasteiger partial charge in [-0.05, 0) is 66.1 Å². The minimum atomic E-state index is -1.20. The van der Waals surface area contributed by atoms with Gasteiger partial charge in [0.15, 0.2) is 0 Å². The molecule has 9 heteroatoms. The Bertz CT molecular complexity index is 1350. The van der Waals surface area contributed by atoms with Gasteiger partial charge in [0.05, 0.1) is 11.6 Å². The third-order valence-electron chi connectivity index (χ3n) is 5.86. The van der Waals surface area contributed by atoms with Crippen LogP contribution in [0.15, 0.2) is 73.3 Å². The van der Waals surface area contributed by atoms with E-state index in [0.717, 1.165) is 27.9 Å². The van der Waals surface area contributed by atoms with Crippen LogP contribution in [0.4, 0.5) is 5.69 Å². The Labute approximate surface area is 216 Å². The molecule has 34 heavy (non-hydrogen) atoms. The summed E-state index contributed by atoms with van der Waals surface area (Å²) in [4.78, 5) is 17.1. The molecule has 5 nitrogen and oxygen atoms in total. The van der Waals surface area contributed by atoms with Crippen molar-refractivity contribution in [3.05, 3.63) is 94.5 Å². The molecule has 172 valence electrons. The molecule has 1 aliphatic rings. The summed E-state index contributed by atoms with van der Waals surface area (Å²) in [5.41, 5.74) is 4.98. The maximum absolute atomic E-state index is 13.1. The summed E-state index contributed by atoms with van der Waals surface area (Å²) in [7, 11) is 0. The average Bonchev–Trinajstić information content (AvgIpc) is 3.12. The number of aryl methyl sites for hydroxylation is 1. The van der Waals surface area contributed by atoms with Gasteiger partial charge in [-0.3, -0.25) is 4.79 Å². The summed E-state index contributed by atoms with van der Waals surface area (Å²) in [6, 6.07) is 18.6. The third-order valence-corrected chi connectivity index (χ3v) is 7.34. The van der Waals surface area contributed by atoms with Gasteiger partial charge in [-0.15, -0.1) is 23.2 Å². The van der Waals surface area contributed by atoms with Crippen LogP contribution >= 0.6 is 46.4 Å². The Hall–Kier alpha value is -2.57. The second kappa shape index (κ2) is 8.90. The third kappa shape index (κ3) is 4.41. The SMILES string of the molecule is Cc1cc(Cl)cc(C2C(C(=O)Nc3ccc(Cl)c(-c4ccc(-n5cncn5)cc4)c3)C2(Cl)Cl)c1. The standard InChI is InChI=1S/C25H18Cl4N4O/c1-14-8-16(10-17(26)9-14)22-23(25(22,28)29)24(34)32-18-4-7-21(27)20(11-18)15-2-5-19(6-3-15)33-13-30-12-31-33/h2-13,22-23H,1H3,(H,32,34). The van der Waals surface area contributed by atoms with Gasteiger partial charge in [0.2, 0.25) is 5.91 Å². The lowest BCUT2D eigenvalue weighted by Gasteiger charge is -2.11.